The molecule has 0 aliphatic carbocycles. The van der Waals surface area contributed by atoms with E-state index in [4.69, 9.17) is 0 Å². The molecule has 1 aromatic carbocycles. The second kappa shape index (κ2) is 4.60. The Hall–Kier alpha value is -0.580. The van der Waals surface area contributed by atoms with Gasteiger partial charge in [0.1, 0.15) is 0 Å². The van der Waals surface area contributed by atoms with Gasteiger partial charge in [0.25, 0.3) is 0 Å². The van der Waals surface area contributed by atoms with Crippen molar-refractivity contribution in [3.63, 3.8) is 0 Å². The van der Waals surface area contributed by atoms with E-state index in [0.29, 0.717) is 6.42 Å². The van der Waals surface area contributed by atoms with E-state index in [1.807, 2.05) is 24.3 Å². The summed E-state index contributed by atoms with van der Waals surface area (Å²) in [6.07, 6.45) is 0.490. The molecule has 0 saturated heterocycles. The number of nitrogens with zero attached hydrogens (tertiary/aromatic N) is 1. The largest absolute Gasteiger partial charge is 0.349 e. The molecule has 0 atom stereocenters. The van der Waals surface area contributed by atoms with Crippen LogP contribution in [0.3, 0.4) is 0 Å². The predicted octanol–water partition coefficient (Wildman–Crippen LogP) is 1.92. The fourth-order valence-electron chi connectivity index (χ4n) is 0.935. The minimum Gasteiger partial charge on any atom is -0.349 e. The van der Waals surface area contributed by atoms with E-state index in [-0.39, 0.29) is 5.91 Å². The van der Waals surface area contributed by atoms with Gasteiger partial charge in [0, 0.05) is 17.7 Å². The van der Waals surface area contributed by atoms with Gasteiger partial charge < -0.3 is 4.90 Å². The van der Waals surface area contributed by atoms with E-state index in [1.165, 1.54) is 3.57 Å². The molecule has 0 aliphatic rings. The number of hydrogen-bond donors (Lipinski definition) is 0. The number of carbonyl (C=O) groups is 1. The molecule has 0 unspecified atom stereocenters. The Morgan fingerprint density at radius 1 is 1.31 bits per heavy atom. The van der Waals surface area contributed by atoms with Crippen molar-refractivity contribution >= 4 is 28.5 Å². The van der Waals surface area contributed by atoms with Crippen LogP contribution in [0.15, 0.2) is 24.3 Å². The summed E-state index contributed by atoms with van der Waals surface area (Å²) in [6.45, 7) is 0. The molecule has 0 aromatic heterocycles. The van der Waals surface area contributed by atoms with E-state index >= 15 is 0 Å². The fraction of sp³-hybridized carbons (Fsp3) is 0.300. The van der Waals surface area contributed by atoms with E-state index in [1.54, 1.807) is 19.0 Å². The van der Waals surface area contributed by atoms with Crippen LogP contribution >= 0.6 is 22.6 Å². The third-order valence-corrected chi connectivity index (χ3v) is 2.49. The zero-order chi connectivity index (χ0) is 9.84. The lowest BCUT2D eigenvalue weighted by atomic mass is 10.1. The number of amides is 1. The van der Waals surface area contributed by atoms with Gasteiger partial charge in [-0.15, -0.1) is 0 Å². The van der Waals surface area contributed by atoms with Gasteiger partial charge >= 0.3 is 0 Å². The number of halogens is 1. The van der Waals surface area contributed by atoms with Crippen molar-refractivity contribution in [1.82, 2.24) is 4.90 Å². The molecule has 1 rings (SSSR count). The normalized spacial score (nSPS) is 9.77. The van der Waals surface area contributed by atoms with Crippen molar-refractivity contribution in [2.24, 2.45) is 0 Å². The average molecular weight is 289 g/mol. The van der Waals surface area contributed by atoms with Gasteiger partial charge in [-0.1, -0.05) is 12.1 Å². The first kappa shape index (κ1) is 10.5. The third kappa shape index (κ3) is 3.34. The second-order valence-corrected chi connectivity index (χ2v) is 4.34. The minimum atomic E-state index is 0.140. The Labute approximate surface area is 92.1 Å². The maximum Gasteiger partial charge on any atom is 0.226 e. The summed E-state index contributed by atoms with van der Waals surface area (Å²) in [4.78, 5) is 12.9. The van der Waals surface area contributed by atoms with Gasteiger partial charge in [-0.2, -0.15) is 0 Å². The van der Waals surface area contributed by atoms with Gasteiger partial charge in [-0.3, -0.25) is 4.79 Å². The monoisotopic (exact) mass is 289 g/mol. The highest BCUT2D eigenvalue weighted by Crippen LogP contribution is 2.07. The van der Waals surface area contributed by atoms with Crippen molar-refractivity contribution in [2.75, 3.05) is 14.1 Å². The Morgan fingerprint density at radius 2 is 1.85 bits per heavy atom. The molecule has 0 fully saturated rings. The summed E-state index contributed by atoms with van der Waals surface area (Å²) in [5.74, 6) is 0.140. The van der Waals surface area contributed by atoms with Crippen LogP contribution in [0.25, 0.3) is 0 Å². The first-order valence-electron chi connectivity index (χ1n) is 4.04. The smallest absolute Gasteiger partial charge is 0.226 e. The third-order valence-electron chi connectivity index (χ3n) is 1.77. The van der Waals surface area contributed by atoms with Crippen molar-refractivity contribution in [3.05, 3.63) is 33.4 Å². The molecule has 0 radical (unpaired) electrons. The maximum absolute atomic E-state index is 11.3. The molecular weight excluding hydrogens is 277 g/mol. The minimum absolute atomic E-state index is 0.140. The average Bonchev–Trinajstić information content (AvgIpc) is 2.08. The molecule has 0 heterocycles. The number of rotatable bonds is 2. The van der Waals surface area contributed by atoms with Crippen LogP contribution in [0.4, 0.5) is 0 Å². The Kier molecular flexibility index (Phi) is 3.71. The van der Waals surface area contributed by atoms with E-state index < -0.39 is 0 Å². The quantitative estimate of drug-likeness (QED) is 0.762. The molecule has 70 valence electrons. The summed E-state index contributed by atoms with van der Waals surface area (Å²) in [6, 6.07) is 8.00. The Morgan fingerprint density at radius 3 is 2.31 bits per heavy atom. The molecule has 0 spiro atoms. The van der Waals surface area contributed by atoms with Gasteiger partial charge in [0.15, 0.2) is 0 Å². The van der Waals surface area contributed by atoms with E-state index in [0.717, 1.165) is 5.56 Å². The molecule has 0 bridgehead atoms. The summed E-state index contributed by atoms with van der Waals surface area (Å²) in [5, 5.41) is 0. The molecule has 0 aliphatic heterocycles. The molecule has 3 heteroatoms. The topological polar surface area (TPSA) is 20.3 Å². The van der Waals surface area contributed by atoms with Crippen LogP contribution in [0.5, 0.6) is 0 Å². The van der Waals surface area contributed by atoms with Crippen LogP contribution in [0.2, 0.25) is 0 Å². The fourth-order valence-corrected chi connectivity index (χ4v) is 1.29. The molecule has 1 aromatic rings. The summed E-state index contributed by atoms with van der Waals surface area (Å²) < 4.78 is 1.19. The van der Waals surface area contributed by atoms with Gasteiger partial charge in [0.2, 0.25) is 5.91 Å². The maximum atomic E-state index is 11.3. The molecule has 13 heavy (non-hydrogen) atoms. The van der Waals surface area contributed by atoms with E-state index in [9.17, 15) is 4.79 Å². The molecule has 0 N–H and O–H groups in total. The number of hydrogen-bond acceptors (Lipinski definition) is 1. The van der Waals surface area contributed by atoms with Crippen LogP contribution in [-0.2, 0) is 11.2 Å². The van der Waals surface area contributed by atoms with E-state index in [2.05, 4.69) is 22.6 Å². The van der Waals surface area contributed by atoms with Gasteiger partial charge in [0.05, 0.1) is 6.42 Å². The van der Waals surface area contributed by atoms with Crippen LogP contribution in [0, 0.1) is 3.57 Å². The van der Waals surface area contributed by atoms with Crippen molar-refractivity contribution < 1.29 is 4.79 Å². The summed E-state index contributed by atoms with van der Waals surface area (Å²) in [5.41, 5.74) is 1.07. The molecule has 1 amide bonds. The summed E-state index contributed by atoms with van der Waals surface area (Å²) >= 11 is 2.25. The van der Waals surface area contributed by atoms with Crippen molar-refractivity contribution in [3.8, 4) is 0 Å². The lowest BCUT2D eigenvalue weighted by Crippen LogP contribution is -2.23. The molecule has 0 saturated carbocycles. The first-order chi connectivity index (χ1) is 6.09. The SMILES string of the molecule is CN(C)C(=O)Cc1ccc(I)cc1. The highest BCUT2D eigenvalue weighted by Gasteiger charge is 2.04. The van der Waals surface area contributed by atoms with Crippen molar-refractivity contribution in [1.29, 1.82) is 0 Å². The van der Waals surface area contributed by atoms with Crippen LogP contribution in [0.1, 0.15) is 5.56 Å². The van der Waals surface area contributed by atoms with Crippen LogP contribution < -0.4 is 0 Å². The number of benzene rings is 1. The lowest BCUT2D eigenvalue weighted by molar-refractivity contribution is -0.127. The Bertz CT molecular complexity index is 292. The molecule has 2 nitrogen and oxygen atoms in total. The predicted molar refractivity (Wildman–Crippen MR) is 61.6 cm³/mol. The second-order valence-electron chi connectivity index (χ2n) is 3.09. The van der Waals surface area contributed by atoms with Gasteiger partial charge in [-0.25, -0.2) is 0 Å². The highest BCUT2D eigenvalue weighted by molar-refractivity contribution is 14.1. The zero-order valence-electron chi connectivity index (χ0n) is 7.75. The Balaban J connectivity index is 2.65. The summed E-state index contributed by atoms with van der Waals surface area (Å²) in [7, 11) is 3.55. The van der Waals surface area contributed by atoms with Crippen LogP contribution in [-0.4, -0.2) is 24.9 Å². The lowest BCUT2D eigenvalue weighted by Gasteiger charge is -2.09. The standard InChI is InChI=1S/C10H12INO/c1-12(2)10(13)7-8-3-5-9(11)6-4-8/h3-6H,7H2,1-2H3. The van der Waals surface area contributed by atoms with Gasteiger partial charge in [-0.05, 0) is 40.3 Å². The van der Waals surface area contributed by atoms with Crippen molar-refractivity contribution in [2.45, 2.75) is 6.42 Å². The first-order valence-corrected chi connectivity index (χ1v) is 5.12. The highest BCUT2D eigenvalue weighted by atomic mass is 127. The zero-order valence-corrected chi connectivity index (χ0v) is 9.91. The number of likely N-dealkylation sites (N-methyl/N-ethyl adjacent to an activating group) is 1. The number of carbonyl (C=O) groups excluding carboxylic acids is 1. The molecular formula is C10H12INO.